The van der Waals surface area contributed by atoms with Gasteiger partial charge >= 0.3 is 0 Å². The van der Waals surface area contributed by atoms with Gasteiger partial charge < -0.3 is 52.7 Å². The predicted octanol–water partition coefficient (Wildman–Crippen LogP) is 23.5. The molecule has 0 radical (unpaired) electrons. The second-order valence-electron chi connectivity index (χ2n) is 41.1. The molecule has 10 N–H and O–H groups in total. The number of phenolic OH excluding ortho intramolecular Hbond substituents is 1. The van der Waals surface area contributed by atoms with Gasteiger partial charge in [0.15, 0.2) is 0 Å². The fourth-order valence-corrected chi connectivity index (χ4v) is 21.7. The molecule has 4 aliphatic rings. The van der Waals surface area contributed by atoms with Gasteiger partial charge in [0.2, 0.25) is 0 Å². The Morgan fingerprint density at radius 1 is 0.391 bits per heavy atom. The summed E-state index contributed by atoms with van der Waals surface area (Å²) in [5.74, 6) is 4.07. The van der Waals surface area contributed by atoms with Gasteiger partial charge in [0.25, 0.3) is 0 Å². The van der Waals surface area contributed by atoms with Crippen LogP contribution in [-0.2, 0) is 0 Å². The van der Waals surface area contributed by atoms with E-state index in [4.69, 9.17) is 0 Å². The van der Waals surface area contributed by atoms with Crippen molar-refractivity contribution in [2.75, 3.05) is 118 Å². The first-order valence-electron chi connectivity index (χ1n) is 50.8. The van der Waals surface area contributed by atoms with Crippen LogP contribution in [-0.4, -0.2) is 161 Å². The van der Waals surface area contributed by atoms with Crippen molar-refractivity contribution in [1.29, 1.82) is 0 Å². The number of aryl methyl sites for hydroxylation is 1. The Balaban J connectivity index is 0.000000161. The minimum absolute atomic E-state index is 0.0882. The van der Waals surface area contributed by atoms with Crippen molar-refractivity contribution in [1.82, 2.24) is 52.3 Å². The minimum Gasteiger partial charge on any atom is -0.508 e. The number of aliphatic hydroxyl groups excluding tert-OH is 1. The van der Waals surface area contributed by atoms with Gasteiger partial charge in [-0.3, -0.25) is 9.80 Å². The molecule has 2 saturated carbocycles. The highest BCUT2D eigenvalue weighted by Crippen LogP contribution is 2.51. The van der Waals surface area contributed by atoms with Crippen molar-refractivity contribution >= 4 is 0 Å². The number of benzene rings is 11. The first kappa shape index (κ1) is 104. The third-order valence-corrected chi connectivity index (χ3v) is 27.8. The molecular formula is C121H166N10O2. The van der Waals surface area contributed by atoms with Gasteiger partial charge in [-0.1, -0.05) is 370 Å². The molecule has 12 nitrogen and oxygen atoms in total. The lowest BCUT2D eigenvalue weighted by molar-refractivity contribution is 0.0619. The second kappa shape index (κ2) is 55.7. The molecule has 2 bridgehead atoms. The van der Waals surface area contributed by atoms with E-state index in [0.29, 0.717) is 46.0 Å². The molecular weight excluding hydrogens is 1630 g/mol. The zero-order valence-electron chi connectivity index (χ0n) is 82.9. The molecule has 0 amide bonds. The number of hydrogen-bond acceptors (Lipinski definition) is 12. The number of phenols is 1. The molecule has 2 aliphatic carbocycles. The second-order valence-corrected chi connectivity index (χ2v) is 41.1. The summed E-state index contributed by atoms with van der Waals surface area (Å²) in [4.78, 5) is 5.57. The molecule has 6 atom stereocenters. The highest BCUT2D eigenvalue weighted by Gasteiger charge is 2.50. The van der Waals surface area contributed by atoms with E-state index in [9.17, 15) is 10.2 Å². The lowest BCUT2D eigenvalue weighted by atomic mass is 9.67. The van der Waals surface area contributed by atoms with Gasteiger partial charge in [-0.2, -0.15) is 0 Å². The van der Waals surface area contributed by atoms with Gasteiger partial charge in [-0.15, -0.1) is 0 Å². The Bertz CT molecular complexity index is 4680. The van der Waals surface area contributed by atoms with E-state index in [1.54, 1.807) is 12.1 Å². The highest BCUT2D eigenvalue weighted by molar-refractivity contribution is 5.40. The van der Waals surface area contributed by atoms with Crippen molar-refractivity contribution in [3.05, 3.63) is 388 Å². The smallest absolute Gasteiger partial charge is 0.118 e. The number of aromatic hydroxyl groups is 1. The lowest BCUT2D eigenvalue weighted by Gasteiger charge is -2.44. The summed E-state index contributed by atoms with van der Waals surface area (Å²) in [5.41, 5.74) is 16.7. The van der Waals surface area contributed by atoms with Crippen LogP contribution in [0.25, 0.3) is 0 Å². The van der Waals surface area contributed by atoms with E-state index < -0.39 is 6.10 Å². The van der Waals surface area contributed by atoms with Crippen LogP contribution in [0.15, 0.2) is 322 Å². The Kier molecular flexibility index (Phi) is 43.7. The molecule has 2 aliphatic heterocycles. The van der Waals surface area contributed by atoms with Crippen molar-refractivity contribution in [2.45, 2.75) is 212 Å². The minimum atomic E-state index is -0.620. The van der Waals surface area contributed by atoms with Crippen LogP contribution in [0.4, 0.5) is 0 Å². The van der Waals surface area contributed by atoms with Crippen molar-refractivity contribution in [2.24, 2.45) is 22.7 Å². The largest absolute Gasteiger partial charge is 0.508 e. The average molecular weight is 1790 g/mol. The fourth-order valence-electron chi connectivity index (χ4n) is 21.7. The third-order valence-electron chi connectivity index (χ3n) is 27.8. The number of fused-ring (bicyclic) bond motifs is 3. The number of likely N-dealkylation sites (tertiary alicyclic amines) is 2. The fraction of sp³-hybridized carbons (Fsp3) is 0.455. The van der Waals surface area contributed by atoms with Gasteiger partial charge in [-0.05, 0) is 207 Å². The molecule has 6 unspecified atom stereocenters. The maximum absolute atomic E-state index is 10.6. The maximum atomic E-state index is 10.6. The van der Waals surface area contributed by atoms with Gasteiger partial charge in [0.05, 0.1) is 6.10 Å². The van der Waals surface area contributed by atoms with Crippen LogP contribution in [0.5, 0.6) is 5.75 Å². The summed E-state index contributed by atoms with van der Waals surface area (Å²) >= 11 is 0. The summed E-state index contributed by atoms with van der Waals surface area (Å²) < 4.78 is 0. The average Bonchev–Trinajstić information content (AvgIpc) is 1.61. The maximum Gasteiger partial charge on any atom is 0.118 e. The first-order chi connectivity index (χ1) is 64.6. The van der Waals surface area contributed by atoms with Crippen LogP contribution in [0.3, 0.4) is 0 Å². The SMILES string of the molecule is CC(C)(C)CC(C)(C)NCCNCC(c1ccccc1)c1ccccc1.CC1(C)CC2CN(CCNCC(c3ccccc3)c3ccccc3)C(C)(C2)C1.CCCCNCCNCC(c1ccccc1)c1ccccc1.Cc1cc(C(O)C(C)NCCNCC(c2ccccc2)c2ccccc2)ccc1O.c1ccc(C(CNCCN2CCCC3CCCCC32)c2ccccc2)cc1. The molecule has 11 aromatic rings. The molecule has 2 saturated heterocycles. The number of piperidine rings is 1. The normalized spacial score (nSPS) is 17.6. The molecule has 133 heavy (non-hydrogen) atoms. The van der Waals surface area contributed by atoms with Crippen molar-refractivity contribution in [3.8, 4) is 5.75 Å². The van der Waals surface area contributed by atoms with Crippen LogP contribution >= 0.6 is 0 Å². The zero-order valence-corrected chi connectivity index (χ0v) is 82.9. The number of unbranched alkanes of at least 4 members (excludes halogenated alkanes) is 1. The number of hydrogen-bond donors (Lipinski definition) is 10. The molecule has 4 fully saturated rings. The standard InChI is InChI=1S/C26H32N2O2.C26H36N2.C25H34N2.C24H36N2.C20H28N2/c1-19-17-23(13-14-25(19)29)26(30)20(2)28-16-15-27-18-24(21-9-5-3-6-10-21)22-11-7-4-8-12-22;1-25(2)16-21-17-26(3,20-25)28(19-21)15-14-27-18-24(22-10-6-4-7-11-22)23-12-8-5-9-13-23;1-3-10-21(11-4-1)24(22-12-5-2-6-13-22)20-26-17-19-27-18-9-15-23-14-7-8-16-25(23)27;1-23(2,3)19-24(4,5)26-17-16-25-18-22(20-12-8-6-9-13-20)21-14-10-7-11-15-21;1-2-3-14-21-15-16-22-17-20(18-10-6-4-7-11-18)19-12-8-5-9-13-19/h3-14,17,20,24,26-30H,15-16,18H2,1-2H3;4-13,21,24,27H,14-20H2,1-3H3;1-6,10-13,23-26H,7-9,14-20H2;6-15,22,25-26H,16-19H2,1-5H3;4-13,20-22H,2-3,14-17H2,1H3. The van der Waals surface area contributed by atoms with Crippen LogP contribution in [0.1, 0.15) is 249 Å². The first-order valence-corrected chi connectivity index (χ1v) is 50.8. The van der Waals surface area contributed by atoms with E-state index in [2.05, 4.69) is 406 Å². The molecule has 0 spiro atoms. The Labute approximate surface area is 804 Å². The predicted molar refractivity (Wildman–Crippen MR) is 565 cm³/mol. The molecule has 0 aromatic heterocycles. The molecule has 15 rings (SSSR count). The lowest BCUT2D eigenvalue weighted by Crippen LogP contribution is -2.49. The van der Waals surface area contributed by atoms with Crippen LogP contribution in [0, 0.1) is 29.6 Å². The van der Waals surface area contributed by atoms with Gasteiger partial charge in [0, 0.05) is 157 Å². The van der Waals surface area contributed by atoms with E-state index >= 15 is 0 Å². The Morgan fingerprint density at radius 3 is 1.11 bits per heavy atom. The number of aliphatic hydroxyl groups is 1. The summed E-state index contributed by atoms with van der Waals surface area (Å²) in [6, 6.07) is 114. The van der Waals surface area contributed by atoms with E-state index in [1.165, 1.54) is 152 Å². The quantitative estimate of drug-likeness (QED) is 0.0166. The molecule has 2 heterocycles. The summed E-state index contributed by atoms with van der Waals surface area (Å²) in [6.07, 6.45) is 15.9. The van der Waals surface area contributed by atoms with Gasteiger partial charge in [-0.25, -0.2) is 0 Å². The monoisotopic (exact) mass is 1790 g/mol. The van der Waals surface area contributed by atoms with Crippen molar-refractivity contribution in [3.63, 3.8) is 0 Å². The van der Waals surface area contributed by atoms with E-state index in [1.807, 2.05) is 32.0 Å². The zero-order chi connectivity index (χ0) is 93.8. The van der Waals surface area contributed by atoms with Crippen molar-refractivity contribution < 1.29 is 10.2 Å². The molecule has 712 valence electrons. The van der Waals surface area contributed by atoms with E-state index in [-0.39, 0.29) is 17.3 Å². The number of nitrogens with zero attached hydrogens (tertiary/aromatic N) is 2. The third kappa shape index (κ3) is 35.4. The van der Waals surface area contributed by atoms with Gasteiger partial charge in [0.1, 0.15) is 5.75 Å². The molecule has 12 heteroatoms. The highest BCUT2D eigenvalue weighted by atomic mass is 16.3. The molecule has 11 aromatic carbocycles. The number of rotatable bonds is 43. The summed E-state index contributed by atoms with van der Waals surface area (Å²) in [6.45, 7) is 43.6. The van der Waals surface area contributed by atoms with Crippen LogP contribution in [0.2, 0.25) is 0 Å². The topological polar surface area (TPSA) is 143 Å². The summed E-state index contributed by atoms with van der Waals surface area (Å²) in [7, 11) is 0. The Morgan fingerprint density at radius 2 is 0.737 bits per heavy atom. The summed E-state index contributed by atoms with van der Waals surface area (Å²) in [5, 5.41) is 49.2. The van der Waals surface area contributed by atoms with Crippen LogP contribution < -0.4 is 42.5 Å². The Hall–Kier alpha value is -9.22. The van der Waals surface area contributed by atoms with E-state index in [0.717, 1.165) is 127 Å². The number of nitrogens with one attached hydrogen (secondary N) is 8.